The maximum atomic E-state index is 12.3. The lowest BCUT2D eigenvalue weighted by atomic mass is 10.2. The fourth-order valence-electron chi connectivity index (χ4n) is 0.967. The number of carbonyl (C=O) groups is 1. The van der Waals surface area contributed by atoms with Crippen molar-refractivity contribution in [2.24, 2.45) is 0 Å². The number of hydrogen-bond acceptors (Lipinski definition) is 1. The van der Waals surface area contributed by atoms with Gasteiger partial charge in [0.1, 0.15) is 0 Å². The number of anilines is 1. The van der Waals surface area contributed by atoms with Gasteiger partial charge in [-0.05, 0) is 18.2 Å². The van der Waals surface area contributed by atoms with E-state index in [4.69, 9.17) is 0 Å². The molecule has 0 saturated carbocycles. The highest BCUT2D eigenvalue weighted by molar-refractivity contribution is 5.89. The maximum Gasteiger partial charge on any atom is 0.416 e. The zero-order valence-electron chi connectivity index (χ0n) is 8.26. The molecule has 0 spiro atoms. The monoisotopic (exact) mass is 254 g/mol. The average Bonchev–Trinajstić information content (AvgIpc) is 2.17. The minimum absolute atomic E-state index is 0. The molecule has 90 valence electrons. The molecule has 1 aromatic rings. The van der Waals surface area contributed by atoms with Crippen molar-refractivity contribution in [1.29, 1.82) is 0 Å². The van der Waals surface area contributed by atoms with Gasteiger partial charge >= 0.3 is 12.2 Å². The summed E-state index contributed by atoms with van der Waals surface area (Å²) in [5, 5.41) is 4.49. The Balaban J connectivity index is 0.00000225. The molecule has 0 atom stereocenters. The molecule has 2 N–H and O–H groups in total. The van der Waals surface area contributed by atoms with E-state index in [1.165, 1.54) is 19.2 Å². The lowest BCUT2D eigenvalue weighted by molar-refractivity contribution is -0.137. The van der Waals surface area contributed by atoms with E-state index in [9.17, 15) is 18.0 Å². The zero-order chi connectivity index (χ0) is 11.5. The Kier molecular flexibility index (Phi) is 5.10. The number of alkyl halides is 3. The Labute approximate surface area is 96.4 Å². The second kappa shape index (κ2) is 5.60. The normalized spacial score (nSPS) is 10.2. The number of nitrogens with one attached hydrogen (secondary N) is 2. The standard InChI is InChI=1S/C9H9F3N2O.ClH/c1-13-8(15)14-7-4-2-3-6(5-7)9(10,11)12;/h2-5H,1H3,(H2,13,14,15);1H. The van der Waals surface area contributed by atoms with Crippen molar-refractivity contribution in [3.63, 3.8) is 0 Å². The van der Waals surface area contributed by atoms with Gasteiger partial charge in [-0.25, -0.2) is 4.79 Å². The molecule has 0 radical (unpaired) electrons. The first-order chi connectivity index (χ1) is 6.93. The number of halogens is 4. The Morgan fingerprint density at radius 1 is 1.31 bits per heavy atom. The molecule has 0 saturated heterocycles. The molecule has 0 bridgehead atoms. The third-order valence-corrected chi connectivity index (χ3v) is 1.67. The molecule has 3 nitrogen and oxygen atoms in total. The quantitative estimate of drug-likeness (QED) is 0.795. The summed E-state index contributed by atoms with van der Waals surface area (Å²) in [7, 11) is 1.38. The zero-order valence-corrected chi connectivity index (χ0v) is 9.08. The van der Waals surface area contributed by atoms with E-state index in [0.717, 1.165) is 12.1 Å². The summed E-state index contributed by atoms with van der Waals surface area (Å²) in [6.45, 7) is 0. The van der Waals surface area contributed by atoms with Crippen molar-refractivity contribution in [1.82, 2.24) is 5.32 Å². The van der Waals surface area contributed by atoms with Crippen LogP contribution in [0.1, 0.15) is 5.56 Å². The van der Waals surface area contributed by atoms with Gasteiger partial charge in [0.25, 0.3) is 0 Å². The van der Waals surface area contributed by atoms with Gasteiger partial charge in [0.15, 0.2) is 0 Å². The molecule has 0 unspecified atom stereocenters. The van der Waals surface area contributed by atoms with E-state index in [1.807, 2.05) is 0 Å². The predicted molar refractivity (Wildman–Crippen MR) is 56.8 cm³/mol. The summed E-state index contributed by atoms with van der Waals surface area (Å²) in [6.07, 6.45) is -4.40. The number of urea groups is 1. The Morgan fingerprint density at radius 3 is 2.44 bits per heavy atom. The van der Waals surface area contributed by atoms with Crippen molar-refractivity contribution in [2.45, 2.75) is 6.18 Å². The molecule has 1 aromatic carbocycles. The summed E-state index contributed by atoms with van der Waals surface area (Å²) < 4.78 is 36.8. The average molecular weight is 255 g/mol. The van der Waals surface area contributed by atoms with Crippen LogP contribution in [0.15, 0.2) is 24.3 Å². The Bertz CT molecular complexity index is 368. The highest BCUT2D eigenvalue weighted by atomic mass is 35.5. The fraction of sp³-hybridized carbons (Fsp3) is 0.222. The van der Waals surface area contributed by atoms with Crippen LogP contribution in [0.3, 0.4) is 0 Å². The van der Waals surface area contributed by atoms with Gasteiger partial charge < -0.3 is 10.6 Å². The maximum absolute atomic E-state index is 12.3. The second-order valence-electron chi connectivity index (χ2n) is 2.78. The summed E-state index contributed by atoms with van der Waals surface area (Å²) >= 11 is 0. The van der Waals surface area contributed by atoms with Crippen molar-refractivity contribution in [2.75, 3.05) is 12.4 Å². The molecular formula is C9H10ClF3N2O. The minimum Gasteiger partial charge on any atom is -0.341 e. The molecule has 0 aliphatic carbocycles. The molecule has 0 fully saturated rings. The molecule has 7 heteroatoms. The van der Waals surface area contributed by atoms with Crippen LogP contribution in [0.5, 0.6) is 0 Å². The van der Waals surface area contributed by atoms with Gasteiger partial charge in [0, 0.05) is 12.7 Å². The van der Waals surface area contributed by atoms with Gasteiger partial charge in [0.05, 0.1) is 5.56 Å². The smallest absolute Gasteiger partial charge is 0.341 e. The van der Waals surface area contributed by atoms with Crippen LogP contribution in [0.2, 0.25) is 0 Å². The number of rotatable bonds is 1. The predicted octanol–water partition coefficient (Wildman–Crippen LogP) is 2.88. The highest BCUT2D eigenvalue weighted by Crippen LogP contribution is 2.30. The lowest BCUT2D eigenvalue weighted by Gasteiger charge is -2.09. The summed E-state index contributed by atoms with van der Waals surface area (Å²) in [5.74, 6) is 0. The van der Waals surface area contributed by atoms with Gasteiger partial charge in [-0.2, -0.15) is 13.2 Å². The van der Waals surface area contributed by atoms with Crippen molar-refractivity contribution in [3.05, 3.63) is 29.8 Å². The molecule has 2 amide bonds. The molecule has 0 heterocycles. The van der Waals surface area contributed by atoms with Crippen LogP contribution in [-0.2, 0) is 6.18 Å². The third kappa shape index (κ3) is 3.98. The largest absolute Gasteiger partial charge is 0.416 e. The van der Waals surface area contributed by atoms with Crippen LogP contribution in [0.4, 0.5) is 23.7 Å². The first-order valence-corrected chi connectivity index (χ1v) is 4.09. The van der Waals surface area contributed by atoms with Gasteiger partial charge in [-0.1, -0.05) is 6.07 Å². The van der Waals surface area contributed by atoms with Crippen molar-refractivity contribution < 1.29 is 18.0 Å². The summed E-state index contributed by atoms with van der Waals surface area (Å²) in [5.41, 5.74) is -0.694. The van der Waals surface area contributed by atoms with Crippen LogP contribution >= 0.6 is 12.4 Å². The summed E-state index contributed by atoms with van der Waals surface area (Å²) in [4.78, 5) is 10.8. The van der Waals surface area contributed by atoms with E-state index in [1.54, 1.807) is 0 Å². The van der Waals surface area contributed by atoms with E-state index in [0.29, 0.717) is 0 Å². The first kappa shape index (κ1) is 14.6. The molecule has 0 aliphatic rings. The van der Waals surface area contributed by atoms with Crippen molar-refractivity contribution >= 4 is 24.1 Å². The molecular weight excluding hydrogens is 245 g/mol. The van der Waals surface area contributed by atoms with Gasteiger partial charge in [-0.3, -0.25) is 0 Å². The van der Waals surface area contributed by atoms with Crippen molar-refractivity contribution in [3.8, 4) is 0 Å². The molecule has 1 rings (SSSR count). The topological polar surface area (TPSA) is 41.1 Å². The van der Waals surface area contributed by atoms with Crippen LogP contribution in [0.25, 0.3) is 0 Å². The first-order valence-electron chi connectivity index (χ1n) is 4.09. The molecule has 0 aromatic heterocycles. The van der Waals surface area contributed by atoms with Crippen LogP contribution in [0, 0.1) is 0 Å². The fourth-order valence-corrected chi connectivity index (χ4v) is 0.967. The second-order valence-corrected chi connectivity index (χ2v) is 2.78. The Hall–Kier alpha value is -1.43. The minimum atomic E-state index is -4.40. The van der Waals surface area contributed by atoms with Crippen LogP contribution < -0.4 is 10.6 Å². The highest BCUT2D eigenvalue weighted by Gasteiger charge is 2.30. The number of carbonyl (C=O) groups excluding carboxylic acids is 1. The van der Waals surface area contributed by atoms with Gasteiger partial charge in [0.2, 0.25) is 0 Å². The van der Waals surface area contributed by atoms with E-state index >= 15 is 0 Å². The van der Waals surface area contributed by atoms with Gasteiger partial charge in [-0.15, -0.1) is 12.4 Å². The Morgan fingerprint density at radius 2 is 1.94 bits per heavy atom. The lowest BCUT2D eigenvalue weighted by Crippen LogP contribution is -2.24. The summed E-state index contributed by atoms with van der Waals surface area (Å²) in [6, 6.07) is 3.86. The molecule has 16 heavy (non-hydrogen) atoms. The molecule has 0 aliphatic heterocycles. The number of hydrogen-bond donors (Lipinski definition) is 2. The van der Waals surface area contributed by atoms with E-state index in [2.05, 4.69) is 10.6 Å². The number of benzene rings is 1. The van der Waals surface area contributed by atoms with E-state index < -0.39 is 17.8 Å². The SMILES string of the molecule is CNC(=O)Nc1cccc(C(F)(F)F)c1.Cl. The number of amides is 2. The van der Waals surface area contributed by atoms with Crippen LogP contribution in [-0.4, -0.2) is 13.1 Å². The van der Waals surface area contributed by atoms with E-state index in [-0.39, 0.29) is 18.1 Å². The third-order valence-electron chi connectivity index (χ3n) is 1.67.